The van der Waals surface area contributed by atoms with Crippen LogP contribution >= 0.6 is 11.8 Å². The second-order valence-corrected chi connectivity index (χ2v) is 6.31. The van der Waals surface area contributed by atoms with Gasteiger partial charge in [0.15, 0.2) is 0 Å². The highest BCUT2D eigenvalue weighted by Gasteiger charge is 2.20. The molecule has 0 saturated carbocycles. The second kappa shape index (κ2) is 8.26. The van der Waals surface area contributed by atoms with Gasteiger partial charge in [0, 0.05) is 18.0 Å². The lowest BCUT2D eigenvalue weighted by molar-refractivity contribution is -0.130. The summed E-state index contributed by atoms with van der Waals surface area (Å²) in [5, 5.41) is -0.0131. The highest BCUT2D eigenvalue weighted by atomic mass is 32.2. The van der Waals surface area contributed by atoms with Crippen molar-refractivity contribution in [1.82, 2.24) is 4.90 Å². The molecule has 1 atom stereocenters. The second-order valence-electron chi connectivity index (χ2n) is 4.90. The number of amides is 1. The molecule has 0 bridgehead atoms. The van der Waals surface area contributed by atoms with Crippen LogP contribution in [-0.2, 0) is 4.79 Å². The van der Waals surface area contributed by atoms with E-state index in [1.165, 1.54) is 10.5 Å². The Morgan fingerprint density at radius 2 is 1.68 bits per heavy atom. The van der Waals surface area contributed by atoms with E-state index in [0.29, 0.717) is 0 Å². The Balaban J connectivity index is 2.62. The standard InChI is InChI=1S/C16H25NOS/c1-5-11-17(12-6-2)16(18)14(4)19-15-9-7-13(3)8-10-15/h7-10,14H,5-6,11-12H2,1-4H3. The Bertz CT molecular complexity index is 382. The zero-order valence-corrected chi connectivity index (χ0v) is 13.3. The van der Waals surface area contributed by atoms with Gasteiger partial charge in [0.1, 0.15) is 0 Å². The Morgan fingerprint density at radius 1 is 1.16 bits per heavy atom. The smallest absolute Gasteiger partial charge is 0.235 e. The molecule has 0 spiro atoms. The van der Waals surface area contributed by atoms with Crippen LogP contribution in [0.5, 0.6) is 0 Å². The maximum atomic E-state index is 12.4. The van der Waals surface area contributed by atoms with E-state index in [1.54, 1.807) is 11.8 Å². The van der Waals surface area contributed by atoms with Crippen molar-refractivity contribution in [3.63, 3.8) is 0 Å². The molecule has 0 aromatic heterocycles. The van der Waals surface area contributed by atoms with Crippen molar-refractivity contribution in [3.8, 4) is 0 Å². The largest absolute Gasteiger partial charge is 0.342 e. The Hall–Kier alpha value is -0.960. The number of hydrogen-bond donors (Lipinski definition) is 0. The molecule has 1 unspecified atom stereocenters. The number of carbonyl (C=O) groups excluding carboxylic acids is 1. The molecule has 0 heterocycles. The molecule has 106 valence electrons. The van der Waals surface area contributed by atoms with Crippen LogP contribution in [0.4, 0.5) is 0 Å². The molecule has 2 nitrogen and oxygen atoms in total. The molecule has 0 fully saturated rings. The predicted molar refractivity (Wildman–Crippen MR) is 83.7 cm³/mol. The third kappa shape index (κ3) is 5.27. The highest BCUT2D eigenvalue weighted by molar-refractivity contribution is 8.00. The minimum absolute atomic E-state index is 0.0131. The van der Waals surface area contributed by atoms with Gasteiger partial charge in [-0.3, -0.25) is 4.79 Å². The third-order valence-electron chi connectivity index (χ3n) is 2.98. The van der Waals surface area contributed by atoms with E-state index in [-0.39, 0.29) is 11.2 Å². The fourth-order valence-electron chi connectivity index (χ4n) is 2.00. The fraction of sp³-hybridized carbons (Fsp3) is 0.562. The van der Waals surface area contributed by atoms with Crippen molar-refractivity contribution in [1.29, 1.82) is 0 Å². The Kier molecular flexibility index (Phi) is 7.00. The van der Waals surface area contributed by atoms with E-state index < -0.39 is 0 Å². The van der Waals surface area contributed by atoms with Gasteiger partial charge in [0.25, 0.3) is 0 Å². The molecule has 1 rings (SSSR count). The van der Waals surface area contributed by atoms with Gasteiger partial charge in [-0.05, 0) is 38.8 Å². The zero-order chi connectivity index (χ0) is 14.3. The van der Waals surface area contributed by atoms with E-state index in [2.05, 4.69) is 45.0 Å². The van der Waals surface area contributed by atoms with Crippen LogP contribution in [-0.4, -0.2) is 29.1 Å². The first-order chi connectivity index (χ1) is 9.08. The molecule has 19 heavy (non-hydrogen) atoms. The topological polar surface area (TPSA) is 20.3 Å². The summed E-state index contributed by atoms with van der Waals surface area (Å²) in [6, 6.07) is 8.37. The Morgan fingerprint density at radius 3 is 2.16 bits per heavy atom. The summed E-state index contributed by atoms with van der Waals surface area (Å²) in [7, 11) is 0. The van der Waals surface area contributed by atoms with E-state index in [1.807, 2.05) is 11.8 Å². The molecule has 0 aliphatic heterocycles. The first kappa shape index (κ1) is 16.1. The van der Waals surface area contributed by atoms with Gasteiger partial charge < -0.3 is 4.90 Å². The average molecular weight is 279 g/mol. The molecule has 3 heteroatoms. The molecule has 0 saturated heterocycles. The van der Waals surface area contributed by atoms with Gasteiger partial charge in [-0.1, -0.05) is 31.5 Å². The number of carbonyl (C=O) groups is 1. The molecule has 1 aromatic carbocycles. The summed E-state index contributed by atoms with van der Waals surface area (Å²) in [6.45, 7) is 10.1. The Labute approximate surface area is 121 Å². The molecule has 0 radical (unpaired) electrons. The summed E-state index contributed by atoms with van der Waals surface area (Å²) in [5.74, 6) is 0.259. The normalized spacial score (nSPS) is 12.2. The van der Waals surface area contributed by atoms with Crippen molar-refractivity contribution in [2.75, 3.05) is 13.1 Å². The first-order valence-corrected chi connectivity index (χ1v) is 7.98. The van der Waals surface area contributed by atoms with Crippen LogP contribution in [0.1, 0.15) is 39.2 Å². The van der Waals surface area contributed by atoms with Crippen LogP contribution in [0.3, 0.4) is 0 Å². The fourth-order valence-corrected chi connectivity index (χ4v) is 2.95. The minimum atomic E-state index is -0.0131. The lowest BCUT2D eigenvalue weighted by Gasteiger charge is -2.24. The maximum Gasteiger partial charge on any atom is 0.235 e. The quantitative estimate of drug-likeness (QED) is 0.700. The van der Waals surface area contributed by atoms with Gasteiger partial charge in [0.05, 0.1) is 5.25 Å². The summed E-state index contributed by atoms with van der Waals surface area (Å²) in [4.78, 5) is 15.6. The lowest BCUT2D eigenvalue weighted by Crippen LogP contribution is -2.37. The number of thioether (sulfide) groups is 1. The van der Waals surface area contributed by atoms with Gasteiger partial charge in [0.2, 0.25) is 5.91 Å². The van der Waals surface area contributed by atoms with Crippen molar-refractivity contribution in [3.05, 3.63) is 29.8 Å². The van der Waals surface area contributed by atoms with E-state index in [0.717, 1.165) is 25.9 Å². The van der Waals surface area contributed by atoms with Gasteiger partial charge in [-0.15, -0.1) is 11.8 Å². The van der Waals surface area contributed by atoms with Crippen LogP contribution in [0, 0.1) is 6.92 Å². The number of benzene rings is 1. The van der Waals surface area contributed by atoms with Gasteiger partial charge >= 0.3 is 0 Å². The third-order valence-corrected chi connectivity index (χ3v) is 4.08. The van der Waals surface area contributed by atoms with E-state index in [9.17, 15) is 4.79 Å². The van der Waals surface area contributed by atoms with Crippen molar-refractivity contribution in [2.24, 2.45) is 0 Å². The van der Waals surface area contributed by atoms with Crippen LogP contribution in [0.2, 0.25) is 0 Å². The lowest BCUT2D eigenvalue weighted by atomic mass is 10.2. The SMILES string of the molecule is CCCN(CCC)C(=O)C(C)Sc1ccc(C)cc1. The van der Waals surface area contributed by atoms with Crippen LogP contribution < -0.4 is 0 Å². The van der Waals surface area contributed by atoms with Crippen molar-refractivity contribution >= 4 is 17.7 Å². The highest BCUT2D eigenvalue weighted by Crippen LogP contribution is 2.24. The van der Waals surface area contributed by atoms with E-state index >= 15 is 0 Å². The maximum absolute atomic E-state index is 12.4. The summed E-state index contributed by atoms with van der Waals surface area (Å²) in [6.07, 6.45) is 2.04. The first-order valence-electron chi connectivity index (χ1n) is 7.10. The average Bonchev–Trinajstić information content (AvgIpc) is 2.40. The molecular weight excluding hydrogens is 254 g/mol. The number of aryl methyl sites for hydroxylation is 1. The summed E-state index contributed by atoms with van der Waals surface area (Å²) >= 11 is 1.65. The summed E-state index contributed by atoms with van der Waals surface area (Å²) in [5.41, 5.74) is 1.25. The van der Waals surface area contributed by atoms with Crippen molar-refractivity contribution in [2.45, 2.75) is 50.7 Å². The van der Waals surface area contributed by atoms with Crippen LogP contribution in [0.25, 0.3) is 0 Å². The van der Waals surface area contributed by atoms with Crippen LogP contribution in [0.15, 0.2) is 29.2 Å². The molecule has 0 aliphatic carbocycles. The minimum Gasteiger partial charge on any atom is -0.342 e. The monoisotopic (exact) mass is 279 g/mol. The molecule has 1 aromatic rings. The van der Waals surface area contributed by atoms with Gasteiger partial charge in [-0.25, -0.2) is 0 Å². The van der Waals surface area contributed by atoms with Crippen molar-refractivity contribution < 1.29 is 4.79 Å². The zero-order valence-electron chi connectivity index (χ0n) is 12.5. The molecule has 1 amide bonds. The number of rotatable bonds is 7. The molecular formula is C16H25NOS. The number of nitrogens with zero attached hydrogens (tertiary/aromatic N) is 1. The molecule has 0 aliphatic rings. The molecule has 0 N–H and O–H groups in total. The number of hydrogen-bond acceptors (Lipinski definition) is 2. The van der Waals surface area contributed by atoms with E-state index in [4.69, 9.17) is 0 Å². The van der Waals surface area contributed by atoms with Gasteiger partial charge in [-0.2, -0.15) is 0 Å². The summed E-state index contributed by atoms with van der Waals surface area (Å²) < 4.78 is 0. The predicted octanol–water partition coefficient (Wildman–Crippen LogP) is 4.12.